The van der Waals surface area contributed by atoms with Crippen LogP contribution in [0.4, 0.5) is 0 Å². The van der Waals surface area contributed by atoms with Crippen LogP contribution in [0, 0.1) is 0 Å². The van der Waals surface area contributed by atoms with Crippen LogP contribution < -0.4 is 14.8 Å². The molecule has 0 saturated carbocycles. The lowest BCUT2D eigenvalue weighted by Gasteiger charge is -2.22. The molecule has 0 fully saturated rings. The van der Waals surface area contributed by atoms with E-state index in [1.165, 1.54) is 0 Å². The van der Waals surface area contributed by atoms with Crippen LogP contribution >= 0.6 is 0 Å². The predicted molar refractivity (Wildman–Crippen MR) is 82.8 cm³/mol. The highest BCUT2D eigenvalue weighted by Gasteiger charge is 2.17. The molecule has 2 aromatic rings. The van der Waals surface area contributed by atoms with Crippen LogP contribution in [-0.2, 0) is 6.54 Å². The van der Waals surface area contributed by atoms with Gasteiger partial charge in [-0.15, -0.1) is 0 Å². The van der Waals surface area contributed by atoms with Crippen molar-refractivity contribution < 1.29 is 9.47 Å². The minimum absolute atomic E-state index is 0.143. The van der Waals surface area contributed by atoms with Crippen molar-refractivity contribution in [2.75, 3.05) is 20.8 Å². The van der Waals surface area contributed by atoms with Gasteiger partial charge in [0.25, 0.3) is 0 Å². The summed E-state index contributed by atoms with van der Waals surface area (Å²) in [5.74, 6) is 1.70. The molecule has 1 aromatic carbocycles. The molecule has 0 radical (unpaired) electrons. The molecule has 1 aromatic heterocycles. The van der Waals surface area contributed by atoms with Gasteiger partial charge in [-0.3, -0.25) is 0 Å². The quantitative estimate of drug-likeness (QED) is 0.811. The minimum Gasteiger partial charge on any atom is -0.497 e. The largest absolute Gasteiger partial charge is 0.497 e. The number of ether oxygens (including phenoxy) is 2. The van der Waals surface area contributed by atoms with E-state index in [4.69, 9.17) is 9.47 Å². The van der Waals surface area contributed by atoms with E-state index in [1.807, 2.05) is 30.7 Å². The lowest BCUT2D eigenvalue weighted by molar-refractivity contribution is 0.381. The SMILES string of the molecule is CCCNC(Cn1ccnc1)c1cc(OC)ccc1OC. The molecule has 5 nitrogen and oxygen atoms in total. The third-order valence-electron chi connectivity index (χ3n) is 3.41. The van der Waals surface area contributed by atoms with Crippen LogP contribution in [-0.4, -0.2) is 30.3 Å². The summed E-state index contributed by atoms with van der Waals surface area (Å²) in [4.78, 5) is 4.10. The molecular weight excluding hydrogens is 266 g/mol. The van der Waals surface area contributed by atoms with Crippen molar-refractivity contribution in [2.24, 2.45) is 0 Å². The van der Waals surface area contributed by atoms with Crippen LogP contribution in [0.15, 0.2) is 36.9 Å². The second kappa shape index (κ2) is 7.69. The van der Waals surface area contributed by atoms with Crippen molar-refractivity contribution in [3.05, 3.63) is 42.5 Å². The zero-order valence-electron chi connectivity index (χ0n) is 12.9. The molecule has 1 heterocycles. The van der Waals surface area contributed by atoms with Crippen LogP contribution in [0.5, 0.6) is 11.5 Å². The Bertz CT molecular complexity index is 540. The van der Waals surface area contributed by atoms with Crippen molar-refractivity contribution in [1.82, 2.24) is 14.9 Å². The number of hydrogen-bond acceptors (Lipinski definition) is 4. The fraction of sp³-hybridized carbons (Fsp3) is 0.438. The van der Waals surface area contributed by atoms with Gasteiger partial charge in [0.15, 0.2) is 0 Å². The number of aromatic nitrogens is 2. The highest BCUT2D eigenvalue weighted by Crippen LogP contribution is 2.30. The van der Waals surface area contributed by atoms with Gasteiger partial charge in [-0.2, -0.15) is 0 Å². The Morgan fingerprint density at radius 1 is 1.29 bits per heavy atom. The van der Waals surface area contributed by atoms with E-state index < -0.39 is 0 Å². The summed E-state index contributed by atoms with van der Waals surface area (Å²) in [5, 5.41) is 3.57. The summed E-state index contributed by atoms with van der Waals surface area (Å²) in [7, 11) is 3.37. The monoisotopic (exact) mass is 289 g/mol. The van der Waals surface area contributed by atoms with Gasteiger partial charge >= 0.3 is 0 Å². The summed E-state index contributed by atoms with van der Waals surface area (Å²) in [6, 6.07) is 6.03. The standard InChI is InChI=1S/C16H23N3O2/c1-4-7-18-15(11-19-9-8-17-12-19)14-10-13(20-2)5-6-16(14)21-3/h5-6,8-10,12,15,18H,4,7,11H2,1-3H3. The average molecular weight is 289 g/mol. The predicted octanol–water partition coefficient (Wildman–Crippen LogP) is 2.64. The van der Waals surface area contributed by atoms with Gasteiger partial charge in [0.05, 0.1) is 26.6 Å². The molecule has 21 heavy (non-hydrogen) atoms. The number of benzene rings is 1. The maximum absolute atomic E-state index is 5.50. The lowest BCUT2D eigenvalue weighted by Crippen LogP contribution is -2.26. The molecule has 0 aliphatic heterocycles. The molecule has 1 atom stereocenters. The first-order chi connectivity index (χ1) is 10.3. The van der Waals surface area contributed by atoms with Crippen LogP contribution in [0.1, 0.15) is 24.9 Å². The third kappa shape index (κ3) is 3.98. The van der Waals surface area contributed by atoms with Crippen molar-refractivity contribution in [2.45, 2.75) is 25.9 Å². The van der Waals surface area contributed by atoms with Gasteiger partial charge in [-0.25, -0.2) is 4.98 Å². The number of imidazole rings is 1. The Labute approximate surface area is 125 Å². The Morgan fingerprint density at radius 2 is 2.14 bits per heavy atom. The van der Waals surface area contributed by atoms with Crippen LogP contribution in [0.25, 0.3) is 0 Å². The summed E-state index contributed by atoms with van der Waals surface area (Å²) in [5.41, 5.74) is 1.10. The van der Waals surface area contributed by atoms with E-state index in [0.717, 1.165) is 36.6 Å². The molecular formula is C16H23N3O2. The van der Waals surface area contributed by atoms with Crippen molar-refractivity contribution in [1.29, 1.82) is 0 Å². The van der Waals surface area contributed by atoms with E-state index in [2.05, 4.69) is 21.8 Å². The van der Waals surface area contributed by atoms with Crippen molar-refractivity contribution in [3.63, 3.8) is 0 Å². The lowest BCUT2D eigenvalue weighted by atomic mass is 10.0. The molecule has 5 heteroatoms. The number of nitrogens with zero attached hydrogens (tertiary/aromatic N) is 2. The molecule has 0 saturated heterocycles. The second-order valence-electron chi connectivity index (χ2n) is 4.87. The first-order valence-corrected chi connectivity index (χ1v) is 7.19. The molecule has 1 N–H and O–H groups in total. The summed E-state index contributed by atoms with van der Waals surface area (Å²) in [6.45, 7) is 3.90. The maximum atomic E-state index is 5.50. The van der Waals surface area contributed by atoms with Crippen LogP contribution in [0.2, 0.25) is 0 Å². The molecule has 0 aliphatic rings. The molecule has 0 spiro atoms. The number of nitrogens with one attached hydrogen (secondary N) is 1. The average Bonchev–Trinajstić information content (AvgIpc) is 3.03. The molecule has 1 unspecified atom stereocenters. The maximum Gasteiger partial charge on any atom is 0.123 e. The highest BCUT2D eigenvalue weighted by molar-refractivity contribution is 5.42. The van der Waals surface area contributed by atoms with Crippen molar-refractivity contribution in [3.8, 4) is 11.5 Å². The number of methoxy groups -OCH3 is 2. The van der Waals surface area contributed by atoms with E-state index in [9.17, 15) is 0 Å². The Hall–Kier alpha value is -2.01. The van der Waals surface area contributed by atoms with Gasteiger partial charge in [0.2, 0.25) is 0 Å². The normalized spacial score (nSPS) is 12.1. The fourth-order valence-electron chi connectivity index (χ4n) is 2.31. The topological polar surface area (TPSA) is 48.3 Å². The first-order valence-electron chi connectivity index (χ1n) is 7.19. The molecule has 114 valence electrons. The molecule has 0 bridgehead atoms. The van der Waals surface area contributed by atoms with Gasteiger partial charge in [0.1, 0.15) is 11.5 Å². The van der Waals surface area contributed by atoms with Crippen LogP contribution in [0.3, 0.4) is 0 Å². The summed E-state index contributed by atoms with van der Waals surface area (Å²) < 4.78 is 12.9. The van der Waals surface area contributed by atoms with Gasteiger partial charge in [-0.1, -0.05) is 6.92 Å². The minimum atomic E-state index is 0.143. The molecule has 0 amide bonds. The first kappa shape index (κ1) is 15.4. The second-order valence-corrected chi connectivity index (χ2v) is 4.87. The summed E-state index contributed by atoms with van der Waals surface area (Å²) in [6.07, 6.45) is 6.66. The van der Waals surface area contributed by atoms with E-state index in [1.54, 1.807) is 20.4 Å². The zero-order chi connectivity index (χ0) is 15.1. The smallest absolute Gasteiger partial charge is 0.123 e. The van der Waals surface area contributed by atoms with Crippen molar-refractivity contribution >= 4 is 0 Å². The van der Waals surface area contributed by atoms with Gasteiger partial charge in [0, 0.05) is 24.5 Å². The summed E-state index contributed by atoms with van der Waals surface area (Å²) >= 11 is 0. The number of rotatable bonds is 8. The Kier molecular flexibility index (Phi) is 5.63. The fourth-order valence-corrected chi connectivity index (χ4v) is 2.31. The molecule has 2 rings (SSSR count). The van der Waals surface area contributed by atoms with Gasteiger partial charge < -0.3 is 19.4 Å². The Morgan fingerprint density at radius 3 is 2.76 bits per heavy atom. The van der Waals surface area contributed by atoms with Gasteiger partial charge in [-0.05, 0) is 31.2 Å². The van der Waals surface area contributed by atoms with E-state index >= 15 is 0 Å². The Balaban J connectivity index is 2.29. The van der Waals surface area contributed by atoms with E-state index in [0.29, 0.717) is 0 Å². The van der Waals surface area contributed by atoms with E-state index in [-0.39, 0.29) is 6.04 Å². The third-order valence-corrected chi connectivity index (χ3v) is 3.41. The molecule has 0 aliphatic carbocycles. The number of hydrogen-bond donors (Lipinski definition) is 1. The zero-order valence-corrected chi connectivity index (χ0v) is 12.9. The highest BCUT2D eigenvalue weighted by atomic mass is 16.5.